The highest BCUT2D eigenvalue weighted by molar-refractivity contribution is 7.89. The molecule has 1 aliphatic rings. The number of thiophene rings is 1. The molecule has 1 fully saturated rings. The number of rotatable bonds is 8. The number of hydrogen-bond donors (Lipinski definition) is 1. The highest BCUT2D eigenvalue weighted by Crippen LogP contribution is 2.27. The van der Waals surface area contributed by atoms with Crippen LogP contribution >= 0.6 is 11.3 Å². The lowest BCUT2D eigenvalue weighted by atomic mass is 9.94. The molecule has 28 heavy (non-hydrogen) atoms. The van der Waals surface area contributed by atoms with Crippen molar-refractivity contribution in [3.05, 3.63) is 52.2 Å². The summed E-state index contributed by atoms with van der Waals surface area (Å²) in [5, 5.41) is 5.19. The Morgan fingerprint density at radius 2 is 1.93 bits per heavy atom. The molecule has 0 bridgehead atoms. The number of hydrogen-bond acceptors (Lipinski definition) is 5. The Kier molecular flexibility index (Phi) is 7.04. The van der Waals surface area contributed by atoms with Gasteiger partial charge in [-0.2, -0.15) is 4.31 Å². The van der Waals surface area contributed by atoms with Gasteiger partial charge in [-0.05, 0) is 48.3 Å². The number of piperidine rings is 1. The third-order valence-corrected chi connectivity index (χ3v) is 7.81. The topological polar surface area (TPSA) is 66.5 Å². The van der Waals surface area contributed by atoms with E-state index < -0.39 is 10.0 Å². The summed E-state index contributed by atoms with van der Waals surface area (Å²) in [5.41, 5.74) is 0.433. The van der Waals surface area contributed by atoms with Crippen molar-refractivity contribution in [2.45, 2.75) is 31.6 Å². The number of ketones is 1. The van der Waals surface area contributed by atoms with Gasteiger partial charge in [0, 0.05) is 30.1 Å². The minimum Gasteiger partial charge on any atom is -0.309 e. The van der Waals surface area contributed by atoms with Crippen LogP contribution in [0.4, 0.5) is 0 Å². The molecule has 2 atom stereocenters. The average Bonchev–Trinajstić information content (AvgIpc) is 3.18. The van der Waals surface area contributed by atoms with Crippen LogP contribution in [0, 0.1) is 11.8 Å². The van der Waals surface area contributed by atoms with Crippen molar-refractivity contribution in [3.63, 3.8) is 0 Å². The summed E-state index contributed by atoms with van der Waals surface area (Å²) in [6.45, 7) is 6.16. The fraction of sp³-hybridized carbons (Fsp3) is 0.476. The van der Waals surface area contributed by atoms with Crippen molar-refractivity contribution in [2.75, 3.05) is 26.2 Å². The molecule has 2 heterocycles. The lowest BCUT2D eigenvalue weighted by molar-refractivity contribution is 0.0991. The number of sulfonamides is 1. The van der Waals surface area contributed by atoms with Gasteiger partial charge in [-0.15, -0.1) is 11.3 Å². The Balaban J connectivity index is 1.63. The van der Waals surface area contributed by atoms with E-state index in [1.165, 1.54) is 10.9 Å². The van der Waals surface area contributed by atoms with Crippen LogP contribution in [0.2, 0.25) is 0 Å². The van der Waals surface area contributed by atoms with Crippen molar-refractivity contribution >= 4 is 27.1 Å². The van der Waals surface area contributed by atoms with Crippen LogP contribution in [0.5, 0.6) is 0 Å². The number of carbonyl (C=O) groups is 1. The van der Waals surface area contributed by atoms with Crippen LogP contribution < -0.4 is 5.32 Å². The first kappa shape index (κ1) is 21.2. The zero-order valence-electron chi connectivity index (χ0n) is 16.4. The van der Waals surface area contributed by atoms with Crippen LogP contribution in [0.3, 0.4) is 0 Å². The highest BCUT2D eigenvalue weighted by Gasteiger charge is 2.31. The minimum atomic E-state index is -3.58. The maximum Gasteiger partial charge on any atom is 0.243 e. The van der Waals surface area contributed by atoms with Gasteiger partial charge < -0.3 is 5.32 Å². The van der Waals surface area contributed by atoms with Gasteiger partial charge in [0.05, 0.1) is 11.4 Å². The van der Waals surface area contributed by atoms with E-state index >= 15 is 0 Å². The second kappa shape index (κ2) is 9.31. The van der Waals surface area contributed by atoms with Gasteiger partial charge in [-0.1, -0.05) is 32.0 Å². The van der Waals surface area contributed by atoms with Crippen molar-refractivity contribution in [3.8, 4) is 0 Å². The summed E-state index contributed by atoms with van der Waals surface area (Å²) >= 11 is 1.70. The summed E-state index contributed by atoms with van der Waals surface area (Å²) in [5.74, 6) is 0.593. The first-order valence-electron chi connectivity index (χ1n) is 9.73. The van der Waals surface area contributed by atoms with Crippen molar-refractivity contribution in [1.82, 2.24) is 9.62 Å². The Hall–Kier alpha value is -1.54. The molecule has 1 saturated heterocycles. The van der Waals surface area contributed by atoms with Gasteiger partial charge in [0.25, 0.3) is 0 Å². The molecule has 152 valence electrons. The summed E-state index contributed by atoms with van der Waals surface area (Å²) in [7, 11) is -3.58. The van der Waals surface area contributed by atoms with Crippen LogP contribution in [0.15, 0.2) is 46.7 Å². The van der Waals surface area contributed by atoms with Crippen LogP contribution in [-0.2, 0) is 16.4 Å². The summed E-state index contributed by atoms with van der Waals surface area (Å²) in [6, 6.07) is 10.5. The van der Waals surface area contributed by atoms with Crippen molar-refractivity contribution < 1.29 is 13.2 Å². The lowest BCUT2D eigenvalue weighted by Crippen LogP contribution is -2.42. The normalized spacial score (nSPS) is 20.9. The van der Waals surface area contributed by atoms with E-state index in [1.807, 2.05) is 11.4 Å². The molecule has 0 saturated carbocycles. The van der Waals surface area contributed by atoms with E-state index in [4.69, 9.17) is 0 Å². The monoisotopic (exact) mass is 420 g/mol. The molecule has 1 aromatic heterocycles. The van der Waals surface area contributed by atoms with Gasteiger partial charge in [-0.3, -0.25) is 4.79 Å². The molecule has 0 amide bonds. The van der Waals surface area contributed by atoms with Gasteiger partial charge in [0.15, 0.2) is 5.78 Å². The fourth-order valence-electron chi connectivity index (χ4n) is 3.75. The predicted octanol–water partition coefficient (Wildman–Crippen LogP) is 3.43. The van der Waals surface area contributed by atoms with Crippen molar-refractivity contribution in [2.24, 2.45) is 11.8 Å². The van der Waals surface area contributed by atoms with E-state index in [9.17, 15) is 13.2 Å². The largest absolute Gasteiger partial charge is 0.309 e. The Morgan fingerprint density at radius 3 is 2.61 bits per heavy atom. The molecule has 2 aromatic rings. The maximum absolute atomic E-state index is 13.0. The Labute approximate surface area is 171 Å². The number of nitrogens with one attached hydrogen (secondary N) is 1. The zero-order chi connectivity index (χ0) is 20.1. The second-order valence-corrected chi connectivity index (χ2v) is 10.7. The fourth-order valence-corrected chi connectivity index (χ4v) is 6.19. The number of benzene rings is 1. The summed E-state index contributed by atoms with van der Waals surface area (Å²) in [6.07, 6.45) is 1.92. The molecule has 0 aliphatic carbocycles. The van der Waals surface area contributed by atoms with Gasteiger partial charge in [0.2, 0.25) is 10.0 Å². The molecule has 1 aliphatic heterocycles. The molecule has 5 nitrogen and oxygen atoms in total. The molecule has 1 N–H and O–H groups in total. The number of Topliss-reactive ketones (excluding diaryl/α,β-unsaturated/α-hetero) is 1. The maximum atomic E-state index is 13.0. The average molecular weight is 421 g/mol. The smallest absolute Gasteiger partial charge is 0.243 e. The minimum absolute atomic E-state index is 0.0939. The molecule has 3 rings (SSSR count). The molecule has 1 aromatic carbocycles. The van der Waals surface area contributed by atoms with Gasteiger partial charge in [0.1, 0.15) is 0 Å². The lowest BCUT2D eigenvalue weighted by Gasteiger charge is -2.34. The second-order valence-electron chi connectivity index (χ2n) is 7.73. The van der Waals surface area contributed by atoms with Crippen LogP contribution in [0.1, 0.15) is 35.5 Å². The molecule has 7 heteroatoms. The standard InChI is InChI=1S/C21H28N2O3S2/c1-16-11-17(2)15-23(14-16)28(25,26)20-7-3-5-18(12-20)21(24)13-22-9-8-19-6-4-10-27-19/h3-7,10,12,16-17,22H,8-9,11,13-15H2,1-2H3. The molecular weight excluding hydrogens is 392 g/mol. The molecule has 0 spiro atoms. The predicted molar refractivity (Wildman–Crippen MR) is 113 cm³/mol. The zero-order valence-corrected chi connectivity index (χ0v) is 18.1. The number of nitrogens with zero attached hydrogens (tertiary/aromatic N) is 1. The molecule has 2 unspecified atom stereocenters. The first-order chi connectivity index (χ1) is 13.4. The summed E-state index contributed by atoms with van der Waals surface area (Å²) < 4.78 is 27.7. The van der Waals surface area contributed by atoms with Crippen LogP contribution in [0.25, 0.3) is 0 Å². The SMILES string of the molecule is CC1CC(C)CN(S(=O)(=O)c2cccc(C(=O)CNCCc3cccs3)c2)C1. The highest BCUT2D eigenvalue weighted by atomic mass is 32.2. The Bertz CT molecular complexity index is 884. The van der Waals surface area contributed by atoms with E-state index in [2.05, 4.69) is 25.2 Å². The quantitative estimate of drug-likeness (QED) is 0.525. The van der Waals surface area contributed by atoms with E-state index in [1.54, 1.807) is 33.8 Å². The van der Waals surface area contributed by atoms with Gasteiger partial charge >= 0.3 is 0 Å². The van der Waals surface area contributed by atoms with Crippen LogP contribution in [-0.4, -0.2) is 44.7 Å². The third kappa shape index (κ3) is 5.29. The number of carbonyl (C=O) groups excluding carboxylic acids is 1. The summed E-state index contributed by atoms with van der Waals surface area (Å²) in [4.78, 5) is 14.0. The third-order valence-electron chi connectivity index (χ3n) is 5.04. The first-order valence-corrected chi connectivity index (χ1v) is 12.0. The van der Waals surface area contributed by atoms with Crippen molar-refractivity contribution in [1.29, 1.82) is 0 Å². The molecular formula is C21H28N2O3S2. The molecule has 0 radical (unpaired) electrons. The Morgan fingerprint density at radius 1 is 1.18 bits per heavy atom. The van der Waals surface area contributed by atoms with E-state index in [0.717, 1.165) is 12.8 Å². The van der Waals surface area contributed by atoms with E-state index in [-0.39, 0.29) is 17.2 Å². The van der Waals surface area contributed by atoms with E-state index in [0.29, 0.717) is 37.0 Å². The van der Waals surface area contributed by atoms with Gasteiger partial charge in [-0.25, -0.2) is 8.42 Å².